The van der Waals surface area contributed by atoms with E-state index in [9.17, 15) is 60.3 Å². The van der Waals surface area contributed by atoms with Crippen LogP contribution in [0.15, 0.2) is 63.8 Å². The van der Waals surface area contributed by atoms with E-state index in [0.29, 0.717) is 32.5 Å². The summed E-state index contributed by atoms with van der Waals surface area (Å²) in [5.41, 5.74) is 1.67. The van der Waals surface area contributed by atoms with Crippen molar-refractivity contribution in [3.05, 3.63) is 75.9 Å². The summed E-state index contributed by atoms with van der Waals surface area (Å²) < 4.78 is 27.2. The first-order chi connectivity index (χ1) is 26.2. The fourth-order valence-corrected chi connectivity index (χ4v) is 6.80. The van der Waals surface area contributed by atoms with Gasteiger partial charge in [0.2, 0.25) is 0 Å². The number of thiocarbonyl (C=S) groups is 1. The molecule has 6 rings (SSSR count). The zero-order valence-electron chi connectivity index (χ0n) is 28.7. The van der Waals surface area contributed by atoms with E-state index in [4.69, 9.17) is 35.6 Å². The van der Waals surface area contributed by atoms with Gasteiger partial charge in [-0.25, -0.2) is 4.79 Å². The standard InChI is InChI=1S/C37H38O17S/c38-13-25-29(42)31(44)33(46)36(52-25)54-37-34(47)32(45)30(43)26(53-37)14-50-27(41)8-4-18(55)9-15-1-5-19(22(10-15)35(48)49)28-20-6-2-16(39)11-23(20)51-24-12-17(40)3-7-21(24)28/h1-3,5-7,10-12,25-26,29-34,36-39,42-47H,4,8-9,13-14H2,(H,48,49)/t25?,26?,29-,30-,31?,32+,33-,34?,36-,37-/m1/s1. The molecule has 9 N–H and O–H groups in total. The van der Waals surface area contributed by atoms with E-state index < -0.39 is 86.6 Å². The second-order valence-corrected chi connectivity index (χ2v) is 13.8. The van der Waals surface area contributed by atoms with Crippen molar-refractivity contribution in [1.82, 2.24) is 0 Å². The summed E-state index contributed by atoms with van der Waals surface area (Å²) in [4.78, 5) is 37.7. The normalized spacial score (nSPS) is 28.3. The number of ether oxygens (including phenoxy) is 4. The topological polar surface area (TPSA) is 283 Å². The highest BCUT2D eigenvalue weighted by molar-refractivity contribution is 7.80. The predicted octanol–water partition coefficient (Wildman–Crippen LogP) is -0.171. The quantitative estimate of drug-likeness (QED) is 0.0512. The summed E-state index contributed by atoms with van der Waals surface area (Å²) in [6.45, 7) is -1.36. The van der Waals surface area contributed by atoms with E-state index in [0.717, 1.165) is 0 Å². The van der Waals surface area contributed by atoms with Crippen LogP contribution in [0.2, 0.25) is 0 Å². The summed E-state index contributed by atoms with van der Waals surface area (Å²) in [6.07, 6.45) is -17.1. The number of aliphatic hydroxyl groups excluding tert-OH is 7. The largest absolute Gasteiger partial charge is 0.508 e. The minimum absolute atomic E-state index is 0.0487. The lowest BCUT2D eigenvalue weighted by atomic mass is 9.89. The molecule has 0 bridgehead atoms. The zero-order chi connectivity index (χ0) is 39.7. The van der Waals surface area contributed by atoms with Crippen molar-refractivity contribution in [2.75, 3.05) is 13.2 Å². The molecule has 294 valence electrons. The molecule has 0 spiro atoms. The van der Waals surface area contributed by atoms with Crippen molar-refractivity contribution in [1.29, 1.82) is 0 Å². The Morgan fingerprint density at radius 1 is 0.764 bits per heavy atom. The molecule has 0 radical (unpaired) electrons. The predicted molar refractivity (Wildman–Crippen MR) is 191 cm³/mol. The number of fused-ring (bicyclic) bond motifs is 2. The van der Waals surface area contributed by atoms with Crippen molar-refractivity contribution in [3.63, 3.8) is 0 Å². The van der Waals surface area contributed by atoms with E-state index in [1.165, 1.54) is 30.3 Å². The van der Waals surface area contributed by atoms with Crippen molar-refractivity contribution in [2.45, 2.75) is 80.7 Å². The minimum atomic E-state index is -1.88. The SMILES string of the molecule is O=C(CCC(=S)Cc1ccc(-c2c3ccc(=O)cc-3oc3cc(O)ccc23)c(C(=O)O)c1)OCC1O[C@H](O[C@H]2OC(CO)[C@@H](O)C(O)[C@H]2O)C(O)[C@@H](O)[C@@H]1O. The van der Waals surface area contributed by atoms with Crippen LogP contribution in [-0.2, 0) is 30.2 Å². The van der Waals surface area contributed by atoms with Gasteiger partial charge in [0.1, 0.15) is 72.5 Å². The van der Waals surface area contributed by atoms with E-state index in [-0.39, 0.29) is 47.3 Å². The van der Waals surface area contributed by atoms with Gasteiger partial charge in [-0.1, -0.05) is 24.4 Å². The molecule has 4 unspecified atom stereocenters. The first-order valence-electron chi connectivity index (χ1n) is 17.1. The number of rotatable bonds is 12. The molecular formula is C37H38O17S. The van der Waals surface area contributed by atoms with E-state index in [1.807, 2.05) is 0 Å². The first-order valence-corrected chi connectivity index (χ1v) is 17.5. The van der Waals surface area contributed by atoms with Gasteiger partial charge in [0, 0.05) is 35.1 Å². The first kappa shape index (κ1) is 40.2. The number of benzene rings is 3. The van der Waals surface area contributed by atoms with E-state index in [1.54, 1.807) is 24.3 Å². The Kier molecular flexibility index (Phi) is 12.2. The maximum Gasteiger partial charge on any atom is 0.336 e. The van der Waals surface area contributed by atoms with Crippen LogP contribution in [-0.4, -0.2) is 137 Å². The second kappa shape index (κ2) is 16.7. The van der Waals surface area contributed by atoms with Crippen molar-refractivity contribution in [3.8, 4) is 28.2 Å². The maximum absolute atomic E-state index is 12.7. The molecule has 10 atom stereocenters. The fourth-order valence-electron chi connectivity index (χ4n) is 6.53. The fraction of sp³-hybridized carbons (Fsp3) is 0.405. The van der Waals surface area contributed by atoms with Crippen molar-refractivity contribution >= 4 is 40.0 Å². The number of carboxylic acids is 1. The van der Waals surface area contributed by atoms with Gasteiger partial charge in [-0.15, -0.1) is 0 Å². The van der Waals surface area contributed by atoms with Gasteiger partial charge >= 0.3 is 11.9 Å². The summed E-state index contributed by atoms with van der Waals surface area (Å²) in [6, 6.07) is 13.3. The van der Waals surface area contributed by atoms with Gasteiger partial charge in [0.15, 0.2) is 18.0 Å². The van der Waals surface area contributed by atoms with Crippen LogP contribution in [0.1, 0.15) is 28.8 Å². The van der Waals surface area contributed by atoms with Crippen LogP contribution in [0.5, 0.6) is 5.75 Å². The van der Waals surface area contributed by atoms with Crippen molar-refractivity contribution < 1.29 is 78.9 Å². The summed E-state index contributed by atoms with van der Waals surface area (Å²) in [5.74, 6) is -1.89. The monoisotopic (exact) mass is 786 g/mol. The Bertz CT molecular complexity index is 2080. The number of carbonyl (C=O) groups excluding carboxylic acids is 1. The van der Waals surface area contributed by atoms with Gasteiger partial charge in [-0.05, 0) is 52.7 Å². The van der Waals surface area contributed by atoms with Crippen LogP contribution < -0.4 is 5.43 Å². The van der Waals surface area contributed by atoms with Crippen LogP contribution in [0.4, 0.5) is 0 Å². The lowest BCUT2D eigenvalue weighted by Crippen LogP contribution is -2.63. The third-order valence-electron chi connectivity index (χ3n) is 9.46. The van der Waals surface area contributed by atoms with Crippen LogP contribution in [0.25, 0.3) is 33.4 Å². The van der Waals surface area contributed by atoms with Gasteiger partial charge in [-0.2, -0.15) is 0 Å². The Morgan fingerprint density at radius 2 is 1.42 bits per heavy atom. The number of hydrogen-bond acceptors (Lipinski definition) is 17. The Labute approximate surface area is 316 Å². The summed E-state index contributed by atoms with van der Waals surface area (Å²) >= 11 is 5.49. The van der Waals surface area contributed by atoms with Gasteiger partial charge in [0.05, 0.1) is 18.6 Å². The van der Waals surface area contributed by atoms with Crippen molar-refractivity contribution in [2.24, 2.45) is 0 Å². The molecule has 0 saturated carbocycles. The van der Waals surface area contributed by atoms with Crippen LogP contribution in [0.3, 0.4) is 0 Å². The van der Waals surface area contributed by atoms with Gasteiger partial charge in [-0.3, -0.25) is 9.59 Å². The average molecular weight is 787 g/mol. The Balaban J connectivity index is 1.08. The highest BCUT2D eigenvalue weighted by Gasteiger charge is 2.50. The van der Waals surface area contributed by atoms with E-state index >= 15 is 0 Å². The highest BCUT2D eigenvalue weighted by atomic mass is 32.1. The zero-order valence-corrected chi connectivity index (χ0v) is 29.5. The highest BCUT2D eigenvalue weighted by Crippen LogP contribution is 2.42. The Hall–Kier alpha value is -4.44. The number of carbonyl (C=O) groups is 2. The molecule has 2 aromatic rings. The van der Waals surface area contributed by atoms with Gasteiger partial charge < -0.3 is 69.3 Å². The third-order valence-corrected chi connectivity index (χ3v) is 9.81. The number of aliphatic hydroxyl groups is 7. The van der Waals surface area contributed by atoms with E-state index in [2.05, 4.69) is 0 Å². The molecule has 55 heavy (non-hydrogen) atoms. The van der Waals surface area contributed by atoms with Crippen LogP contribution in [0, 0.1) is 0 Å². The number of phenols is 1. The molecular weight excluding hydrogens is 748 g/mol. The second-order valence-electron chi connectivity index (χ2n) is 13.2. The number of aromatic carboxylic acids is 1. The number of phenolic OH excluding ortho intramolecular Hbond substituents is 1. The summed E-state index contributed by atoms with van der Waals surface area (Å²) in [7, 11) is 0. The molecule has 3 aliphatic heterocycles. The molecule has 0 aromatic heterocycles. The molecule has 18 heteroatoms. The maximum atomic E-state index is 12.7. The smallest absolute Gasteiger partial charge is 0.336 e. The number of carboxylic acid groups (broad SMARTS) is 1. The molecule has 17 nitrogen and oxygen atoms in total. The third kappa shape index (κ3) is 8.54. The number of hydrogen-bond donors (Lipinski definition) is 9. The number of aromatic hydroxyl groups is 1. The average Bonchev–Trinajstić information content (AvgIpc) is 3.15. The molecule has 3 heterocycles. The molecule has 2 fully saturated rings. The molecule has 1 aliphatic carbocycles. The number of esters is 1. The lowest BCUT2D eigenvalue weighted by molar-refractivity contribution is -0.376. The molecule has 4 aliphatic rings. The van der Waals surface area contributed by atoms with Crippen LogP contribution >= 0.6 is 12.2 Å². The molecule has 2 saturated heterocycles. The molecule has 2 aromatic carbocycles. The summed E-state index contributed by atoms with van der Waals surface area (Å²) in [5, 5.41) is 91.7. The molecule has 0 amide bonds. The minimum Gasteiger partial charge on any atom is -0.508 e. The Morgan fingerprint density at radius 3 is 2.09 bits per heavy atom. The van der Waals surface area contributed by atoms with Gasteiger partial charge in [0.25, 0.3) is 0 Å². The lowest BCUT2D eigenvalue weighted by Gasteiger charge is -2.44.